The van der Waals surface area contributed by atoms with Gasteiger partial charge in [-0.3, -0.25) is 0 Å². The zero-order chi connectivity index (χ0) is 9.10. The molecule has 0 radical (unpaired) electrons. The van der Waals surface area contributed by atoms with Crippen LogP contribution in [0.2, 0.25) is 0 Å². The second kappa shape index (κ2) is 3.90. The van der Waals surface area contributed by atoms with Crippen molar-refractivity contribution in [1.82, 2.24) is 5.32 Å². The summed E-state index contributed by atoms with van der Waals surface area (Å²) in [4.78, 5) is 0. The van der Waals surface area contributed by atoms with E-state index in [1.165, 1.54) is 5.56 Å². The molecule has 0 amide bonds. The highest BCUT2D eigenvalue weighted by atomic mass is 16.5. The smallest absolute Gasteiger partial charge is 0.0776 e. The van der Waals surface area contributed by atoms with Crippen molar-refractivity contribution in [3.8, 4) is 0 Å². The zero-order valence-corrected chi connectivity index (χ0v) is 7.86. The highest BCUT2D eigenvalue weighted by Gasteiger charge is 2.27. The summed E-state index contributed by atoms with van der Waals surface area (Å²) in [5.41, 5.74) is 1.37. The molecule has 1 N–H and O–H groups in total. The average molecular weight is 177 g/mol. The maximum absolute atomic E-state index is 5.42. The lowest BCUT2D eigenvalue weighted by molar-refractivity contribution is 0.106. The van der Waals surface area contributed by atoms with E-state index in [0.717, 1.165) is 13.1 Å². The van der Waals surface area contributed by atoms with Gasteiger partial charge in [0.05, 0.1) is 6.10 Å². The number of methoxy groups -OCH3 is 1. The molecule has 1 saturated heterocycles. The third-order valence-corrected chi connectivity index (χ3v) is 2.69. The van der Waals surface area contributed by atoms with Crippen LogP contribution in [0, 0.1) is 0 Å². The minimum Gasteiger partial charge on any atom is -0.379 e. The Morgan fingerprint density at radius 1 is 1.23 bits per heavy atom. The largest absolute Gasteiger partial charge is 0.379 e. The van der Waals surface area contributed by atoms with E-state index < -0.39 is 0 Å². The van der Waals surface area contributed by atoms with Gasteiger partial charge in [-0.25, -0.2) is 0 Å². The number of benzene rings is 1. The second-order valence-corrected chi connectivity index (χ2v) is 3.45. The molecule has 2 atom stereocenters. The van der Waals surface area contributed by atoms with Crippen molar-refractivity contribution in [3.05, 3.63) is 35.9 Å². The van der Waals surface area contributed by atoms with Crippen LogP contribution in [0.5, 0.6) is 0 Å². The van der Waals surface area contributed by atoms with Crippen LogP contribution in [-0.4, -0.2) is 26.3 Å². The molecule has 1 aromatic rings. The fourth-order valence-electron chi connectivity index (χ4n) is 1.94. The van der Waals surface area contributed by atoms with E-state index in [9.17, 15) is 0 Å². The van der Waals surface area contributed by atoms with Crippen LogP contribution < -0.4 is 5.32 Å². The molecule has 2 rings (SSSR count). The first-order valence-electron chi connectivity index (χ1n) is 4.70. The van der Waals surface area contributed by atoms with Crippen LogP contribution in [0.1, 0.15) is 11.5 Å². The van der Waals surface area contributed by atoms with Gasteiger partial charge in [-0.15, -0.1) is 0 Å². The molecule has 0 spiro atoms. The van der Waals surface area contributed by atoms with Crippen LogP contribution in [0.4, 0.5) is 0 Å². The summed E-state index contributed by atoms with van der Waals surface area (Å²) in [6.07, 6.45) is 0.336. The number of hydrogen-bond acceptors (Lipinski definition) is 2. The van der Waals surface area contributed by atoms with Gasteiger partial charge < -0.3 is 10.1 Å². The summed E-state index contributed by atoms with van der Waals surface area (Å²) in [5.74, 6) is 0.520. The highest BCUT2D eigenvalue weighted by Crippen LogP contribution is 2.24. The van der Waals surface area contributed by atoms with Crippen molar-refractivity contribution in [2.45, 2.75) is 12.0 Å². The number of rotatable bonds is 2. The first kappa shape index (κ1) is 8.73. The quantitative estimate of drug-likeness (QED) is 0.737. The molecule has 1 heterocycles. The molecule has 0 bridgehead atoms. The van der Waals surface area contributed by atoms with Gasteiger partial charge in [0.1, 0.15) is 0 Å². The maximum atomic E-state index is 5.42. The summed E-state index contributed by atoms with van der Waals surface area (Å²) >= 11 is 0. The van der Waals surface area contributed by atoms with Crippen molar-refractivity contribution in [1.29, 1.82) is 0 Å². The summed E-state index contributed by atoms with van der Waals surface area (Å²) in [6.45, 7) is 2.00. The fourth-order valence-corrected chi connectivity index (χ4v) is 1.94. The molecule has 0 saturated carbocycles. The normalized spacial score (nSPS) is 27.8. The van der Waals surface area contributed by atoms with Crippen LogP contribution >= 0.6 is 0 Å². The predicted octanol–water partition coefficient (Wildman–Crippen LogP) is 1.39. The third-order valence-electron chi connectivity index (χ3n) is 2.69. The van der Waals surface area contributed by atoms with E-state index >= 15 is 0 Å². The van der Waals surface area contributed by atoms with Crippen LogP contribution in [0.15, 0.2) is 30.3 Å². The molecule has 0 aliphatic carbocycles. The van der Waals surface area contributed by atoms with Crippen molar-refractivity contribution in [2.75, 3.05) is 20.2 Å². The SMILES string of the molecule is CO[C@@H]1CNC[C@H]1c1ccccc1. The van der Waals surface area contributed by atoms with Crippen LogP contribution in [0.25, 0.3) is 0 Å². The Hall–Kier alpha value is -0.860. The van der Waals surface area contributed by atoms with Gasteiger partial charge in [-0.1, -0.05) is 30.3 Å². The predicted molar refractivity (Wildman–Crippen MR) is 52.8 cm³/mol. The van der Waals surface area contributed by atoms with Crippen LogP contribution in [0.3, 0.4) is 0 Å². The fraction of sp³-hybridized carbons (Fsp3) is 0.455. The minimum absolute atomic E-state index is 0.336. The van der Waals surface area contributed by atoms with E-state index in [1.54, 1.807) is 7.11 Å². The lowest BCUT2D eigenvalue weighted by Gasteiger charge is -2.16. The summed E-state index contributed by atoms with van der Waals surface area (Å²) in [6, 6.07) is 10.6. The first-order valence-corrected chi connectivity index (χ1v) is 4.70. The first-order chi connectivity index (χ1) is 6.42. The van der Waals surface area contributed by atoms with Crippen molar-refractivity contribution >= 4 is 0 Å². The molecule has 1 aromatic carbocycles. The standard InChI is InChI=1S/C11H15NO/c1-13-11-8-12-7-10(11)9-5-3-2-4-6-9/h2-6,10-12H,7-8H2,1H3/t10-,11+/m0/s1. The molecular weight excluding hydrogens is 162 g/mol. The Morgan fingerprint density at radius 2 is 2.00 bits per heavy atom. The van der Waals surface area contributed by atoms with Gasteiger partial charge in [-0.2, -0.15) is 0 Å². The van der Waals surface area contributed by atoms with Crippen LogP contribution in [-0.2, 0) is 4.74 Å². The van der Waals surface area contributed by atoms with E-state index in [4.69, 9.17) is 4.74 Å². The molecule has 70 valence electrons. The van der Waals surface area contributed by atoms with Gasteiger partial charge in [0.2, 0.25) is 0 Å². The monoisotopic (exact) mass is 177 g/mol. The topological polar surface area (TPSA) is 21.3 Å². The highest BCUT2D eigenvalue weighted by molar-refractivity contribution is 5.22. The Labute approximate surface area is 78.9 Å². The van der Waals surface area contributed by atoms with E-state index in [-0.39, 0.29) is 0 Å². The molecule has 2 heteroatoms. The van der Waals surface area contributed by atoms with Gasteiger partial charge in [0.15, 0.2) is 0 Å². The molecular formula is C11H15NO. The third kappa shape index (κ3) is 1.74. The molecule has 13 heavy (non-hydrogen) atoms. The van der Waals surface area contributed by atoms with Gasteiger partial charge in [0, 0.05) is 26.1 Å². The van der Waals surface area contributed by atoms with Crippen molar-refractivity contribution < 1.29 is 4.74 Å². The Balaban J connectivity index is 2.16. The molecule has 1 fully saturated rings. The summed E-state index contributed by atoms with van der Waals surface area (Å²) in [5, 5.41) is 3.35. The van der Waals surface area contributed by atoms with Gasteiger partial charge >= 0.3 is 0 Å². The molecule has 1 aliphatic heterocycles. The van der Waals surface area contributed by atoms with Crippen molar-refractivity contribution in [2.24, 2.45) is 0 Å². The Bertz CT molecular complexity index is 260. The molecule has 0 aromatic heterocycles. The molecule has 2 nitrogen and oxygen atoms in total. The van der Waals surface area contributed by atoms with E-state index in [1.807, 2.05) is 6.07 Å². The summed E-state index contributed by atoms with van der Waals surface area (Å²) < 4.78 is 5.42. The zero-order valence-electron chi connectivity index (χ0n) is 7.86. The van der Waals surface area contributed by atoms with Crippen molar-refractivity contribution in [3.63, 3.8) is 0 Å². The Kier molecular flexibility index (Phi) is 2.62. The minimum atomic E-state index is 0.336. The summed E-state index contributed by atoms with van der Waals surface area (Å²) in [7, 11) is 1.79. The number of hydrogen-bond donors (Lipinski definition) is 1. The molecule has 0 unspecified atom stereocenters. The maximum Gasteiger partial charge on any atom is 0.0776 e. The second-order valence-electron chi connectivity index (χ2n) is 3.45. The van der Waals surface area contributed by atoms with Gasteiger partial charge in [0.25, 0.3) is 0 Å². The average Bonchev–Trinajstić information content (AvgIpc) is 2.67. The lowest BCUT2D eigenvalue weighted by atomic mass is 9.96. The number of ether oxygens (including phenoxy) is 1. The number of nitrogens with one attached hydrogen (secondary N) is 1. The van der Waals surface area contributed by atoms with Gasteiger partial charge in [-0.05, 0) is 5.56 Å². The van der Waals surface area contributed by atoms with E-state index in [0.29, 0.717) is 12.0 Å². The Morgan fingerprint density at radius 3 is 2.69 bits per heavy atom. The van der Waals surface area contributed by atoms with E-state index in [2.05, 4.69) is 29.6 Å². The molecule has 1 aliphatic rings. The lowest BCUT2D eigenvalue weighted by Crippen LogP contribution is -2.19.